The maximum Gasteiger partial charge on any atom is 0.319 e. The highest BCUT2D eigenvalue weighted by Crippen LogP contribution is 2.27. The molecule has 2 rings (SSSR count). The first-order chi connectivity index (χ1) is 10.4. The largest absolute Gasteiger partial charge is 0.331 e. The number of hydrogen-bond acceptors (Lipinski definition) is 1. The Bertz CT molecular complexity index is 706. The van der Waals surface area contributed by atoms with Crippen LogP contribution < -0.4 is 10.6 Å². The van der Waals surface area contributed by atoms with E-state index in [2.05, 4.69) is 10.6 Å². The van der Waals surface area contributed by atoms with Gasteiger partial charge < -0.3 is 10.6 Å². The van der Waals surface area contributed by atoms with Crippen LogP contribution in [0.2, 0.25) is 20.1 Å². The normalized spacial score (nSPS) is 11.9. The number of anilines is 1. The zero-order valence-corrected chi connectivity index (χ0v) is 14.5. The number of urea groups is 1. The Balaban J connectivity index is 2.03. The number of hydrogen-bond donors (Lipinski definition) is 2. The van der Waals surface area contributed by atoms with E-state index < -0.39 is 0 Å². The molecule has 116 valence electrons. The van der Waals surface area contributed by atoms with Crippen molar-refractivity contribution < 1.29 is 4.79 Å². The minimum Gasteiger partial charge on any atom is -0.331 e. The van der Waals surface area contributed by atoms with Crippen molar-refractivity contribution >= 4 is 58.1 Å². The van der Waals surface area contributed by atoms with Crippen molar-refractivity contribution in [3.8, 4) is 0 Å². The number of carbonyl (C=O) groups excluding carboxylic acids is 1. The number of rotatable bonds is 3. The molecule has 0 bridgehead atoms. The van der Waals surface area contributed by atoms with Gasteiger partial charge in [0.25, 0.3) is 0 Å². The highest BCUT2D eigenvalue weighted by molar-refractivity contribution is 6.42. The Kier molecular flexibility index (Phi) is 5.81. The molecule has 2 amide bonds. The molecule has 0 aliphatic rings. The SMILES string of the molecule is C[C@H](NC(=O)Nc1ccc(Cl)c(Cl)c1)c1ccc(Cl)cc1Cl. The van der Waals surface area contributed by atoms with Gasteiger partial charge in [0.2, 0.25) is 0 Å². The maximum atomic E-state index is 12.0. The lowest BCUT2D eigenvalue weighted by Crippen LogP contribution is -2.31. The fraction of sp³-hybridized carbons (Fsp3) is 0.133. The van der Waals surface area contributed by atoms with E-state index in [0.717, 1.165) is 5.56 Å². The van der Waals surface area contributed by atoms with Crippen molar-refractivity contribution in [3.63, 3.8) is 0 Å². The number of amides is 2. The number of halogens is 4. The molecule has 22 heavy (non-hydrogen) atoms. The first-order valence-electron chi connectivity index (χ1n) is 6.34. The second-order valence-corrected chi connectivity index (χ2v) is 6.27. The average molecular weight is 378 g/mol. The Morgan fingerprint density at radius 1 is 0.955 bits per heavy atom. The van der Waals surface area contributed by atoms with E-state index >= 15 is 0 Å². The highest BCUT2D eigenvalue weighted by Gasteiger charge is 2.13. The minimum atomic E-state index is -0.378. The third-order valence-corrected chi connectivity index (χ3v) is 4.26. The smallest absolute Gasteiger partial charge is 0.319 e. The topological polar surface area (TPSA) is 41.1 Å². The summed E-state index contributed by atoms with van der Waals surface area (Å²) in [6.45, 7) is 1.82. The Morgan fingerprint density at radius 2 is 1.68 bits per heavy atom. The van der Waals surface area contributed by atoms with Crippen LogP contribution in [0, 0.1) is 0 Å². The molecule has 0 saturated heterocycles. The number of carbonyl (C=O) groups is 1. The molecule has 2 N–H and O–H groups in total. The number of benzene rings is 2. The molecule has 7 heteroatoms. The predicted molar refractivity (Wildman–Crippen MR) is 93.5 cm³/mol. The Hall–Kier alpha value is -1.13. The molecule has 0 heterocycles. The Morgan fingerprint density at radius 3 is 2.32 bits per heavy atom. The van der Waals surface area contributed by atoms with Crippen LogP contribution in [0.25, 0.3) is 0 Å². The average Bonchev–Trinajstić information content (AvgIpc) is 2.42. The van der Waals surface area contributed by atoms with E-state index in [-0.39, 0.29) is 12.1 Å². The van der Waals surface area contributed by atoms with Gasteiger partial charge in [-0.3, -0.25) is 0 Å². The van der Waals surface area contributed by atoms with Gasteiger partial charge in [0.05, 0.1) is 16.1 Å². The monoisotopic (exact) mass is 376 g/mol. The fourth-order valence-corrected chi connectivity index (χ4v) is 2.74. The van der Waals surface area contributed by atoms with Crippen LogP contribution in [0.4, 0.5) is 10.5 Å². The van der Waals surface area contributed by atoms with Crippen LogP contribution in [0.5, 0.6) is 0 Å². The Labute approximate surface area is 148 Å². The third kappa shape index (κ3) is 4.43. The van der Waals surface area contributed by atoms with Gasteiger partial charge in [-0.2, -0.15) is 0 Å². The van der Waals surface area contributed by atoms with E-state index in [1.165, 1.54) is 0 Å². The van der Waals surface area contributed by atoms with Gasteiger partial charge in [0.15, 0.2) is 0 Å². The molecule has 0 saturated carbocycles. The summed E-state index contributed by atoms with van der Waals surface area (Å²) in [7, 11) is 0. The predicted octanol–water partition coefficient (Wildman–Crippen LogP) is 6.18. The summed E-state index contributed by atoms with van der Waals surface area (Å²) in [6, 6.07) is 9.31. The molecule has 0 aliphatic carbocycles. The molecule has 0 unspecified atom stereocenters. The molecular weight excluding hydrogens is 366 g/mol. The van der Waals surface area contributed by atoms with Gasteiger partial charge in [-0.25, -0.2) is 4.79 Å². The van der Waals surface area contributed by atoms with E-state index in [1.807, 2.05) is 6.92 Å². The van der Waals surface area contributed by atoms with Gasteiger partial charge in [0, 0.05) is 15.7 Å². The van der Waals surface area contributed by atoms with Crippen molar-refractivity contribution in [2.24, 2.45) is 0 Å². The van der Waals surface area contributed by atoms with Crippen molar-refractivity contribution in [2.45, 2.75) is 13.0 Å². The quantitative estimate of drug-likeness (QED) is 0.658. The summed E-state index contributed by atoms with van der Waals surface area (Å²) in [5, 5.41) is 7.30. The molecule has 2 aromatic rings. The first-order valence-corrected chi connectivity index (χ1v) is 7.85. The molecule has 2 aromatic carbocycles. The second-order valence-electron chi connectivity index (χ2n) is 4.61. The summed E-state index contributed by atoms with van der Waals surface area (Å²) in [5.41, 5.74) is 1.32. The zero-order chi connectivity index (χ0) is 16.3. The van der Waals surface area contributed by atoms with Crippen LogP contribution >= 0.6 is 46.4 Å². The summed E-state index contributed by atoms with van der Waals surface area (Å²) < 4.78 is 0. The zero-order valence-electron chi connectivity index (χ0n) is 11.5. The summed E-state index contributed by atoms with van der Waals surface area (Å²) >= 11 is 23.7. The molecule has 1 atom stereocenters. The van der Waals surface area contributed by atoms with E-state index in [1.54, 1.807) is 36.4 Å². The van der Waals surface area contributed by atoms with Crippen molar-refractivity contribution in [2.75, 3.05) is 5.32 Å². The molecular formula is C15H12Cl4N2O. The molecule has 0 spiro atoms. The number of nitrogens with one attached hydrogen (secondary N) is 2. The lowest BCUT2D eigenvalue weighted by molar-refractivity contribution is 0.249. The van der Waals surface area contributed by atoms with Crippen molar-refractivity contribution in [1.29, 1.82) is 0 Å². The van der Waals surface area contributed by atoms with Crippen LogP contribution in [0.1, 0.15) is 18.5 Å². The van der Waals surface area contributed by atoms with Gasteiger partial charge in [0.1, 0.15) is 0 Å². The molecule has 0 fully saturated rings. The van der Waals surface area contributed by atoms with E-state index in [0.29, 0.717) is 25.8 Å². The summed E-state index contributed by atoms with van der Waals surface area (Å²) in [5.74, 6) is 0. The van der Waals surface area contributed by atoms with E-state index in [9.17, 15) is 4.79 Å². The summed E-state index contributed by atoms with van der Waals surface area (Å²) in [4.78, 5) is 12.0. The molecule has 0 radical (unpaired) electrons. The van der Waals surface area contributed by atoms with Gasteiger partial charge in [-0.05, 0) is 42.8 Å². The standard InChI is InChI=1S/C15H12Cl4N2O/c1-8(11-4-2-9(16)6-13(11)18)20-15(22)21-10-3-5-12(17)14(19)7-10/h2-8H,1H3,(H2,20,21,22)/t8-/m0/s1. The van der Waals surface area contributed by atoms with Crippen LogP contribution in [-0.2, 0) is 0 Å². The fourth-order valence-electron chi connectivity index (χ4n) is 1.87. The lowest BCUT2D eigenvalue weighted by Gasteiger charge is -2.16. The van der Waals surface area contributed by atoms with Crippen LogP contribution in [0.3, 0.4) is 0 Å². The molecule has 0 aromatic heterocycles. The third-order valence-electron chi connectivity index (χ3n) is 2.95. The minimum absolute atomic E-state index is 0.285. The molecule has 0 aliphatic heterocycles. The van der Waals surface area contributed by atoms with Crippen LogP contribution in [-0.4, -0.2) is 6.03 Å². The van der Waals surface area contributed by atoms with Crippen molar-refractivity contribution in [3.05, 3.63) is 62.1 Å². The highest BCUT2D eigenvalue weighted by atomic mass is 35.5. The maximum absolute atomic E-state index is 12.0. The first kappa shape index (κ1) is 17.2. The molecule has 3 nitrogen and oxygen atoms in total. The van der Waals surface area contributed by atoms with Crippen molar-refractivity contribution in [1.82, 2.24) is 5.32 Å². The van der Waals surface area contributed by atoms with E-state index in [4.69, 9.17) is 46.4 Å². The second kappa shape index (κ2) is 7.42. The van der Waals surface area contributed by atoms with Gasteiger partial charge in [-0.15, -0.1) is 0 Å². The van der Waals surface area contributed by atoms with Gasteiger partial charge >= 0.3 is 6.03 Å². The van der Waals surface area contributed by atoms with Crippen LogP contribution in [0.15, 0.2) is 36.4 Å². The lowest BCUT2D eigenvalue weighted by atomic mass is 10.1. The van der Waals surface area contributed by atoms with Gasteiger partial charge in [-0.1, -0.05) is 52.5 Å². The summed E-state index contributed by atoms with van der Waals surface area (Å²) in [6.07, 6.45) is 0.